The molecule has 0 saturated carbocycles. The van der Waals surface area contributed by atoms with Crippen molar-refractivity contribution in [1.29, 1.82) is 0 Å². The molecular formula is C17H22ClN3O. The van der Waals surface area contributed by atoms with Crippen LogP contribution in [0.3, 0.4) is 0 Å². The predicted octanol–water partition coefficient (Wildman–Crippen LogP) is 3.99. The topological polar surface area (TPSA) is 46.9 Å². The van der Waals surface area contributed by atoms with Crippen molar-refractivity contribution in [3.63, 3.8) is 0 Å². The molecule has 5 heteroatoms. The number of hydrogen-bond acceptors (Lipinski definition) is 2. The van der Waals surface area contributed by atoms with Crippen LogP contribution >= 0.6 is 11.6 Å². The van der Waals surface area contributed by atoms with Crippen molar-refractivity contribution in [3.8, 4) is 0 Å². The maximum atomic E-state index is 12.5. The van der Waals surface area contributed by atoms with Crippen molar-refractivity contribution in [2.75, 3.05) is 0 Å². The Balaban J connectivity index is 2.18. The van der Waals surface area contributed by atoms with Crippen molar-refractivity contribution in [1.82, 2.24) is 15.1 Å². The van der Waals surface area contributed by atoms with Crippen LogP contribution < -0.4 is 5.32 Å². The molecule has 0 unspecified atom stereocenters. The van der Waals surface area contributed by atoms with Crippen LogP contribution in [0.4, 0.5) is 0 Å². The minimum absolute atomic E-state index is 0.0855. The van der Waals surface area contributed by atoms with E-state index in [1.54, 1.807) is 4.68 Å². The first-order chi connectivity index (χ1) is 10.4. The van der Waals surface area contributed by atoms with E-state index < -0.39 is 0 Å². The van der Waals surface area contributed by atoms with Gasteiger partial charge in [-0.25, -0.2) is 0 Å². The largest absolute Gasteiger partial charge is 0.345 e. The van der Waals surface area contributed by atoms with E-state index in [1.807, 2.05) is 44.2 Å². The van der Waals surface area contributed by atoms with Gasteiger partial charge in [0.1, 0.15) is 5.15 Å². The SMILES string of the molecule is Cc1nn(CC(C)C)c(Cl)c1C(=O)N[C@H](C)c1ccccc1. The molecule has 0 aliphatic rings. The number of halogens is 1. The fraction of sp³-hybridized carbons (Fsp3) is 0.412. The molecule has 1 heterocycles. The highest BCUT2D eigenvalue weighted by Crippen LogP contribution is 2.22. The second-order valence-corrected chi connectivity index (χ2v) is 6.29. The van der Waals surface area contributed by atoms with Gasteiger partial charge < -0.3 is 5.32 Å². The van der Waals surface area contributed by atoms with Crippen molar-refractivity contribution >= 4 is 17.5 Å². The molecule has 1 atom stereocenters. The molecular weight excluding hydrogens is 298 g/mol. The van der Waals surface area contributed by atoms with Gasteiger partial charge in [-0.05, 0) is 25.3 Å². The smallest absolute Gasteiger partial charge is 0.256 e. The van der Waals surface area contributed by atoms with E-state index in [1.165, 1.54) is 0 Å². The third-order valence-electron chi connectivity index (χ3n) is 3.48. The molecule has 1 amide bonds. The molecule has 0 radical (unpaired) electrons. The summed E-state index contributed by atoms with van der Waals surface area (Å²) in [4.78, 5) is 12.5. The number of nitrogens with zero attached hydrogens (tertiary/aromatic N) is 2. The van der Waals surface area contributed by atoms with Gasteiger partial charge in [0.25, 0.3) is 5.91 Å². The van der Waals surface area contributed by atoms with E-state index in [4.69, 9.17) is 11.6 Å². The number of carbonyl (C=O) groups excluding carboxylic acids is 1. The second-order valence-electron chi connectivity index (χ2n) is 5.93. The fourth-order valence-corrected chi connectivity index (χ4v) is 2.70. The Hall–Kier alpha value is -1.81. The summed E-state index contributed by atoms with van der Waals surface area (Å²) in [5, 5.41) is 7.77. The second kappa shape index (κ2) is 6.97. The molecule has 4 nitrogen and oxygen atoms in total. The van der Waals surface area contributed by atoms with Crippen LogP contribution in [-0.4, -0.2) is 15.7 Å². The number of carbonyl (C=O) groups is 1. The van der Waals surface area contributed by atoms with E-state index in [2.05, 4.69) is 24.3 Å². The number of benzene rings is 1. The van der Waals surface area contributed by atoms with E-state index in [0.717, 1.165) is 5.56 Å². The lowest BCUT2D eigenvalue weighted by Crippen LogP contribution is -2.27. The Morgan fingerprint density at radius 2 is 1.91 bits per heavy atom. The molecule has 22 heavy (non-hydrogen) atoms. The minimum Gasteiger partial charge on any atom is -0.345 e. The zero-order chi connectivity index (χ0) is 16.3. The Morgan fingerprint density at radius 1 is 1.27 bits per heavy atom. The number of amides is 1. The number of hydrogen-bond donors (Lipinski definition) is 1. The molecule has 1 aromatic carbocycles. The zero-order valence-electron chi connectivity index (χ0n) is 13.4. The minimum atomic E-state index is -0.186. The molecule has 2 aromatic rings. The number of rotatable bonds is 5. The van der Waals surface area contributed by atoms with Crippen molar-refractivity contribution in [2.24, 2.45) is 5.92 Å². The van der Waals surface area contributed by atoms with E-state index >= 15 is 0 Å². The standard InChI is InChI=1S/C17H22ClN3O/c1-11(2)10-21-16(18)15(13(4)20-21)17(22)19-12(3)14-8-6-5-7-9-14/h5-9,11-12H,10H2,1-4H3,(H,19,22)/t12-/m1/s1. The van der Waals surface area contributed by atoms with Crippen LogP contribution in [0.5, 0.6) is 0 Å². The summed E-state index contributed by atoms with van der Waals surface area (Å²) in [6.07, 6.45) is 0. The van der Waals surface area contributed by atoms with Crippen LogP contribution in [0.25, 0.3) is 0 Å². The highest BCUT2D eigenvalue weighted by atomic mass is 35.5. The summed E-state index contributed by atoms with van der Waals surface area (Å²) in [5.41, 5.74) is 2.17. The highest BCUT2D eigenvalue weighted by Gasteiger charge is 2.22. The Labute approximate surface area is 136 Å². The summed E-state index contributed by atoms with van der Waals surface area (Å²) >= 11 is 6.34. The van der Waals surface area contributed by atoms with Gasteiger partial charge in [0.05, 0.1) is 17.3 Å². The predicted molar refractivity (Wildman–Crippen MR) is 89.1 cm³/mol. The van der Waals surface area contributed by atoms with Crippen LogP contribution in [0.15, 0.2) is 30.3 Å². The quantitative estimate of drug-likeness (QED) is 0.905. The average Bonchev–Trinajstić information content (AvgIpc) is 2.73. The van der Waals surface area contributed by atoms with E-state index in [-0.39, 0.29) is 11.9 Å². The third kappa shape index (κ3) is 3.69. The normalized spacial score (nSPS) is 12.5. The first-order valence-corrected chi connectivity index (χ1v) is 7.86. The monoisotopic (exact) mass is 319 g/mol. The number of aromatic nitrogens is 2. The van der Waals surface area contributed by atoms with Crippen LogP contribution in [-0.2, 0) is 6.54 Å². The number of nitrogens with one attached hydrogen (secondary N) is 1. The molecule has 0 saturated heterocycles. The first kappa shape index (κ1) is 16.6. The Bertz CT molecular complexity index is 649. The molecule has 0 aliphatic heterocycles. The lowest BCUT2D eigenvalue weighted by atomic mass is 10.1. The van der Waals surface area contributed by atoms with Crippen LogP contribution in [0.2, 0.25) is 5.15 Å². The van der Waals surface area contributed by atoms with Crippen molar-refractivity contribution in [3.05, 3.63) is 52.3 Å². The Kier molecular flexibility index (Phi) is 5.24. The van der Waals surface area contributed by atoms with Gasteiger partial charge in [0, 0.05) is 6.54 Å². The first-order valence-electron chi connectivity index (χ1n) is 7.48. The zero-order valence-corrected chi connectivity index (χ0v) is 14.2. The Morgan fingerprint density at radius 3 is 2.50 bits per heavy atom. The van der Waals surface area contributed by atoms with Crippen molar-refractivity contribution in [2.45, 2.75) is 40.3 Å². The third-order valence-corrected chi connectivity index (χ3v) is 3.86. The van der Waals surface area contributed by atoms with E-state index in [0.29, 0.717) is 28.9 Å². The summed E-state index contributed by atoms with van der Waals surface area (Å²) in [5.74, 6) is 0.227. The molecule has 0 aliphatic carbocycles. The molecule has 0 fully saturated rings. The van der Waals surface area contributed by atoms with Gasteiger partial charge in [-0.15, -0.1) is 0 Å². The van der Waals surface area contributed by atoms with Crippen molar-refractivity contribution < 1.29 is 4.79 Å². The average molecular weight is 320 g/mol. The summed E-state index contributed by atoms with van der Waals surface area (Å²) in [6.45, 7) is 8.64. The lowest BCUT2D eigenvalue weighted by Gasteiger charge is -2.14. The van der Waals surface area contributed by atoms with Crippen LogP contribution in [0, 0.1) is 12.8 Å². The lowest BCUT2D eigenvalue weighted by molar-refractivity contribution is 0.0939. The molecule has 1 N–H and O–H groups in total. The van der Waals surface area contributed by atoms with Gasteiger partial charge in [-0.3, -0.25) is 9.48 Å². The van der Waals surface area contributed by atoms with Gasteiger partial charge in [0.15, 0.2) is 0 Å². The molecule has 118 valence electrons. The maximum absolute atomic E-state index is 12.5. The van der Waals surface area contributed by atoms with Crippen LogP contribution in [0.1, 0.15) is 48.4 Å². The molecule has 2 rings (SSSR count). The van der Waals surface area contributed by atoms with Gasteiger partial charge in [-0.2, -0.15) is 5.10 Å². The molecule has 1 aromatic heterocycles. The summed E-state index contributed by atoms with van der Waals surface area (Å²) in [6, 6.07) is 9.75. The highest BCUT2D eigenvalue weighted by molar-refractivity contribution is 6.33. The van der Waals surface area contributed by atoms with Gasteiger partial charge >= 0.3 is 0 Å². The van der Waals surface area contributed by atoms with E-state index in [9.17, 15) is 4.79 Å². The molecule has 0 spiro atoms. The fourth-order valence-electron chi connectivity index (χ4n) is 2.37. The van der Waals surface area contributed by atoms with Gasteiger partial charge in [0.2, 0.25) is 0 Å². The molecule has 0 bridgehead atoms. The maximum Gasteiger partial charge on any atom is 0.256 e. The number of aryl methyl sites for hydroxylation is 1. The van der Waals surface area contributed by atoms with Gasteiger partial charge in [-0.1, -0.05) is 55.8 Å². The summed E-state index contributed by atoms with van der Waals surface area (Å²) in [7, 11) is 0. The summed E-state index contributed by atoms with van der Waals surface area (Å²) < 4.78 is 1.70.